The summed E-state index contributed by atoms with van der Waals surface area (Å²) in [4.78, 5) is 15.3. The van der Waals surface area contributed by atoms with E-state index < -0.39 is 9.45 Å². The third-order valence-corrected chi connectivity index (χ3v) is 5.39. The Kier molecular flexibility index (Phi) is 2.40. The summed E-state index contributed by atoms with van der Waals surface area (Å²) in [5.41, 5.74) is 8.72. The molecule has 2 aliphatic heterocycles. The Morgan fingerprint density at radius 1 is 1.79 bits per heavy atom. The van der Waals surface area contributed by atoms with Crippen LogP contribution in [0, 0.1) is 0 Å². The molecule has 2 aliphatic rings. The van der Waals surface area contributed by atoms with Crippen molar-refractivity contribution in [3.05, 3.63) is 22.3 Å². The van der Waals surface area contributed by atoms with Gasteiger partial charge >= 0.3 is 0 Å². The van der Waals surface area contributed by atoms with Crippen LogP contribution in [0.3, 0.4) is 0 Å². The molecule has 2 unspecified atom stereocenters. The van der Waals surface area contributed by atoms with Crippen LogP contribution in [0.2, 0.25) is 0 Å². The summed E-state index contributed by atoms with van der Waals surface area (Å²) >= 11 is 0. The Labute approximate surface area is 84.9 Å². The van der Waals surface area contributed by atoms with Gasteiger partial charge in [0.1, 0.15) is 10.2 Å². The first-order chi connectivity index (χ1) is 6.76. The number of fused-ring (bicyclic) bond motifs is 1. The van der Waals surface area contributed by atoms with Crippen molar-refractivity contribution in [1.29, 1.82) is 0 Å². The van der Waals surface area contributed by atoms with E-state index in [9.17, 15) is 9.00 Å². The van der Waals surface area contributed by atoms with E-state index in [4.69, 9.17) is 5.53 Å². The number of carbonyl (C=O) groups excluding carboxylic acids is 1. The van der Waals surface area contributed by atoms with E-state index in [2.05, 4.69) is 10.0 Å². The van der Waals surface area contributed by atoms with Crippen molar-refractivity contribution >= 4 is 25.6 Å². The van der Waals surface area contributed by atoms with Gasteiger partial charge in [-0.2, -0.15) is 0 Å². The van der Waals surface area contributed by atoms with Crippen molar-refractivity contribution in [2.45, 2.75) is 11.8 Å². The highest BCUT2D eigenvalue weighted by Gasteiger charge is 2.40. The molecule has 0 spiro atoms. The molecule has 2 atom stereocenters. The van der Waals surface area contributed by atoms with Gasteiger partial charge in [-0.05, 0) is 5.53 Å². The van der Waals surface area contributed by atoms with Crippen LogP contribution in [-0.4, -0.2) is 26.1 Å². The fraction of sp³-hybridized carbons (Fsp3) is 0.500. The second-order valence-electron chi connectivity index (χ2n) is 2.86. The minimum atomic E-state index is -0.459. The monoisotopic (exact) mass is 230 g/mol. The standard InChI is InChI=1S/C6H6N4O2S2/c7-9-8-4-2-10-5(11)1-6(10)14(3-4)13-12/h2,6H,1,3H2. The van der Waals surface area contributed by atoms with Crippen molar-refractivity contribution in [2.75, 3.05) is 5.75 Å². The average molecular weight is 230 g/mol. The van der Waals surface area contributed by atoms with E-state index in [-0.39, 0.29) is 11.3 Å². The van der Waals surface area contributed by atoms with Crippen LogP contribution in [0.4, 0.5) is 0 Å². The first-order valence-corrected chi connectivity index (χ1v) is 6.54. The van der Waals surface area contributed by atoms with Crippen LogP contribution >= 0.6 is 0 Å². The maximum absolute atomic E-state index is 11.1. The Hall–Kier alpha value is -1.11. The number of β-lactam (4-membered cyclic amide) rings is 1. The number of hydrogen-bond donors (Lipinski definition) is 0. The molecular formula is C6H6N4O2S2. The summed E-state index contributed by atoms with van der Waals surface area (Å²) in [7, 11) is 0.0414. The summed E-state index contributed by atoms with van der Waals surface area (Å²) < 4.78 is 10.8. The maximum atomic E-state index is 11.1. The molecule has 0 radical (unpaired) electrons. The van der Waals surface area contributed by atoms with E-state index >= 15 is 0 Å². The normalized spacial score (nSPS) is 29.6. The lowest BCUT2D eigenvalue weighted by atomic mass is 10.2. The van der Waals surface area contributed by atoms with E-state index in [0.717, 1.165) is 0 Å². The fourth-order valence-electron chi connectivity index (χ4n) is 1.40. The van der Waals surface area contributed by atoms with E-state index in [1.54, 1.807) is 6.20 Å². The lowest BCUT2D eigenvalue weighted by molar-refractivity contribution is -0.137. The van der Waals surface area contributed by atoms with Crippen molar-refractivity contribution < 1.29 is 9.00 Å². The second kappa shape index (κ2) is 3.56. The molecule has 2 rings (SSSR count). The molecule has 74 valence electrons. The third kappa shape index (κ3) is 1.37. The van der Waals surface area contributed by atoms with Crippen LogP contribution in [-0.2, 0) is 24.5 Å². The van der Waals surface area contributed by atoms with Crippen LogP contribution in [0.1, 0.15) is 6.42 Å². The number of nitrogens with zero attached hydrogens (tertiary/aromatic N) is 4. The number of azide groups is 1. The number of amides is 1. The molecule has 1 fully saturated rings. The highest BCUT2D eigenvalue weighted by molar-refractivity contribution is 8.31. The predicted molar refractivity (Wildman–Crippen MR) is 52.9 cm³/mol. The highest BCUT2D eigenvalue weighted by Crippen LogP contribution is 2.29. The summed E-state index contributed by atoms with van der Waals surface area (Å²) in [6.45, 7) is 0. The van der Waals surface area contributed by atoms with Gasteiger partial charge < -0.3 is 4.90 Å². The molecule has 0 aromatic carbocycles. The van der Waals surface area contributed by atoms with Gasteiger partial charge in [-0.25, -0.2) is 4.21 Å². The molecule has 8 heteroatoms. The predicted octanol–water partition coefficient (Wildman–Crippen LogP) is 0.456. The lowest BCUT2D eigenvalue weighted by Crippen LogP contribution is -2.54. The smallest absolute Gasteiger partial charge is 0.230 e. The van der Waals surface area contributed by atoms with Crippen molar-refractivity contribution in [1.82, 2.24) is 4.90 Å². The van der Waals surface area contributed by atoms with Gasteiger partial charge in [0.2, 0.25) is 5.91 Å². The quantitative estimate of drug-likeness (QED) is 0.283. The topological polar surface area (TPSA) is 86.1 Å². The van der Waals surface area contributed by atoms with E-state index in [1.165, 1.54) is 4.90 Å². The summed E-state index contributed by atoms with van der Waals surface area (Å²) in [5.74, 6) is 0.471. The van der Waals surface area contributed by atoms with Gasteiger partial charge in [-0.3, -0.25) is 4.79 Å². The molecular weight excluding hydrogens is 224 g/mol. The molecule has 0 N–H and O–H groups in total. The minimum Gasteiger partial charge on any atom is -0.305 e. The first kappa shape index (κ1) is 9.45. The average Bonchev–Trinajstić information content (AvgIpc) is 2.19. The molecule has 0 aromatic rings. The Morgan fingerprint density at radius 2 is 2.57 bits per heavy atom. The zero-order valence-electron chi connectivity index (χ0n) is 6.99. The second-order valence-corrected chi connectivity index (χ2v) is 6.29. The van der Waals surface area contributed by atoms with Crippen LogP contribution in [0.15, 0.2) is 17.0 Å². The molecule has 6 nitrogen and oxygen atoms in total. The molecule has 0 aliphatic carbocycles. The van der Waals surface area contributed by atoms with Crippen LogP contribution < -0.4 is 0 Å². The molecule has 14 heavy (non-hydrogen) atoms. The summed E-state index contributed by atoms with van der Waals surface area (Å²) in [6.07, 6.45) is 1.99. The molecule has 1 saturated heterocycles. The van der Waals surface area contributed by atoms with Gasteiger partial charge in [0.05, 0.1) is 11.8 Å². The molecule has 0 bridgehead atoms. The van der Waals surface area contributed by atoms with Gasteiger partial charge in [-0.15, -0.1) is 0 Å². The SMILES string of the molecule is [N-]=[N+]=NC1=CN2C(=O)CC2S(=S=O)C1. The minimum absolute atomic E-state index is 0.00751. The van der Waals surface area contributed by atoms with Gasteiger partial charge in [0.15, 0.2) is 0 Å². The zero-order valence-corrected chi connectivity index (χ0v) is 8.62. The van der Waals surface area contributed by atoms with Crippen molar-refractivity contribution in [2.24, 2.45) is 5.11 Å². The third-order valence-electron chi connectivity index (χ3n) is 2.09. The lowest BCUT2D eigenvalue weighted by Gasteiger charge is -2.41. The summed E-state index contributed by atoms with van der Waals surface area (Å²) in [5, 5.41) is 3.47. The Balaban J connectivity index is 2.36. The number of rotatable bonds is 1. The maximum Gasteiger partial charge on any atom is 0.230 e. The number of hydrogen-bond acceptors (Lipinski definition) is 3. The first-order valence-electron chi connectivity index (χ1n) is 3.83. The van der Waals surface area contributed by atoms with Crippen LogP contribution in [0.25, 0.3) is 10.4 Å². The van der Waals surface area contributed by atoms with Crippen molar-refractivity contribution in [3.63, 3.8) is 0 Å². The number of carbonyl (C=O) groups is 1. The van der Waals surface area contributed by atoms with Gasteiger partial charge in [-0.1, -0.05) is 14.6 Å². The van der Waals surface area contributed by atoms with E-state index in [1.807, 2.05) is 0 Å². The van der Waals surface area contributed by atoms with Gasteiger partial charge in [0, 0.05) is 22.6 Å². The van der Waals surface area contributed by atoms with E-state index in [0.29, 0.717) is 28.1 Å². The highest BCUT2D eigenvalue weighted by atomic mass is 32.8. The molecule has 1 amide bonds. The molecule has 2 heterocycles. The zero-order chi connectivity index (χ0) is 10.1. The molecule has 0 saturated carbocycles. The van der Waals surface area contributed by atoms with Crippen LogP contribution in [0.5, 0.6) is 0 Å². The summed E-state index contributed by atoms with van der Waals surface area (Å²) in [6, 6.07) is 0. The Bertz CT molecular complexity index is 433. The van der Waals surface area contributed by atoms with Gasteiger partial charge in [0.25, 0.3) is 0 Å². The largest absolute Gasteiger partial charge is 0.305 e. The fourth-order valence-corrected chi connectivity index (χ4v) is 4.17. The molecule has 0 aromatic heterocycles. The Morgan fingerprint density at radius 3 is 3.14 bits per heavy atom. The van der Waals surface area contributed by atoms with Crippen molar-refractivity contribution in [3.8, 4) is 0 Å².